The lowest BCUT2D eigenvalue weighted by atomic mass is 9.89. The van der Waals surface area contributed by atoms with Crippen LogP contribution in [0, 0.1) is 5.92 Å². The van der Waals surface area contributed by atoms with Crippen molar-refractivity contribution < 1.29 is 9.84 Å². The molecule has 7 heteroatoms. The van der Waals surface area contributed by atoms with E-state index in [0.717, 1.165) is 29.5 Å². The van der Waals surface area contributed by atoms with Gasteiger partial charge in [-0.15, -0.1) is 11.3 Å². The highest BCUT2D eigenvalue weighted by atomic mass is 32.1. The molecule has 1 unspecified atom stereocenters. The Bertz CT molecular complexity index is 725. The number of hydrogen-bond acceptors (Lipinski definition) is 6. The summed E-state index contributed by atoms with van der Waals surface area (Å²) < 4.78 is 5.18. The van der Waals surface area contributed by atoms with E-state index in [-0.39, 0.29) is 12.2 Å². The number of aryl methyl sites for hydroxylation is 1. The van der Waals surface area contributed by atoms with Gasteiger partial charge < -0.3 is 20.1 Å². The number of aromatic nitrogens is 2. The predicted octanol–water partition coefficient (Wildman–Crippen LogP) is 1.21. The van der Waals surface area contributed by atoms with Gasteiger partial charge in [0.2, 0.25) is 0 Å². The number of fused-ring (bicyclic) bond motifs is 3. The maximum atomic E-state index is 12.4. The third-order valence-electron chi connectivity index (χ3n) is 4.17. The molecule has 2 aromatic rings. The normalized spacial score (nSPS) is 17.6. The van der Waals surface area contributed by atoms with Crippen LogP contribution in [0.1, 0.15) is 29.6 Å². The maximum Gasteiger partial charge on any atom is 0.259 e. The number of rotatable bonds is 7. The molecule has 1 aliphatic rings. The lowest BCUT2D eigenvalue weighted by molar-refractivity contribution is 0.0937. The fraction of sp³-hybridized carbons (Fsp3) is 0.625. The van der Waals surface area contributed by atoms with Gasteiger partial charge >= 0.3 is 0 Å². The van der Waals surface area contributed by atoms with Crippen molar-refractivity contribution in [3.05, 3.63) is 26.6 Å². The molecule has 2 heterocycles. The molecule has 126 valence electrons. The second kappa shape index (κ2) is 7.53. The Morgan fingerprint density at radius 1 is 1.48 bits per heavy atom. The van der Waals surface area contributed by atoms with Gasteiger partial charge in [0.1, 0.15) is 10.7 Å². The molecule has 0 saturated carbocycles. The molecule has 0 radical (unpaired) electrons. The predicted molar refractivity (Wildman–Crippen MR) is 91.0 cm³/mol. The van der Waals surface area contributed by atoms with Crippen LogP contribution < -0.4 is 10.9 Å². The lowest BCUT2D eigenvalue weighted by Gasteiger charge is -2.17. The number of ether oxygens (including phenoxy) is 1. The molecule has 3 N–H and O–H groups in total. The van der Waals surface area contributed by atoms with Crippen molar-refractivity contribution in [1.82, 2.24) is 15.3 Å². The number of H-pyrrole nitrogens is 1. The number of nitrogens with zero attached hydrogens (tertiary/aromatic N) is 1. The zero-order valence-electron chi connectivity index (χ0n) is 13.4. The average molecular weight is 337 g/mol. The minimum atomic E-state index is -0.0182. The van der Waals surface area contributed by atoms with Gasteiger partial charge in [0.05, 0.1) is 31.8 Å². The Labute approximate surface area is 138 Å². The van der Waals surface area contributed by atoms with Gasteiger partial charge in [0.15, 0.2) is 0 Å². The van der Waals surface area contributed by atoms with E-state index in [0.29, 0.717) is 38.0 Å². The van der Waals surface area contributed by atoms with Crippen molar-refractivity contribution in [2.75, 3.05) is 26.4 Å². The van der Waals surface area contributed by atoms with E-state index in [9.17, 15) is 4.79 Å². The van der Waals surface area contributed by atoms with E-state index in [1.165, 1.54) is 10.4 Å². The van der Waals surface area contributed by atoms with Crippen LogP contribution in [-0.4, -0.2) is 41.4 Å². The summed E-state index contributed by atoms with van der Waals surface area (Å²) in [5, 5.41) is 12.6. The van der Waals surface area contributed by atoms with E-state index >= 15 is 0 Å². The second-order valence-corrected chi connectivity index (χ2v) is 7.14. The summed E-state index contributed by atoms with van der Waals surface area (Å²) in [5.41, 5.74) is 1.20. The molecule has 23 heavy (non-hydrogen) atoms. The molecule has 0 spiro atoms. The molecular formula is C16H23N3O3S. The molecule has 0 saturated heterocycles. The quantitative estimate of drug-likeness (QED) is 0.661. The van der Waals surface area contributed by atoms with Crippen molar-refractivity contribution in [3.63, 3.8) is 0 Å². The summed E-state index contributed by atoms with van der Waals surface area (Å²) in [5.74, 6) is 1.35. The van der Waals surface area contributed by atoms with Crippen LogP contribution in [-0.2, 0) is 24.1 Å². The molecule has 0 bridgehead atoms. The smallest absolute Gasteiger partial charge is 0.259 e. The molecule has 3 rings (SSSR count). The number of aromatic amines is 1. The molecule has 1 aliphatic carbocycles. The number of aliphatic hydroxyl groups is 1. The Morgan fingerprint density at radius 2 is 2.35 bits per heavy atom. The van der Waals surface area contributed by atoms with Gasteiger partial charge in [-0.1, -0.05) is 6.92 Å². The highest BCUT2D eigenvalue weighted by Gasteiger charge is 2.22. The summed E-state index contributed by atoms with van der Waals surface area (Å²) in [6.07, 6.45) is 3.20. The van der Waals surface area contributed by atoms with Crippen LogP contribution in [0.4, 0.5) is 0 Å². The molecule has 2 aromatic heterocycles. The number of hydrogen-bond donors (Lipinski definition) is 3. The molecule has 0 aromatic carbocycles. The van der Waals surface area contributed by atoms with Crippen LogP contribution in [0.3, 0.4) is 0 Å². The topological polar surface area (TPSA) is 87.2 Å². The number of aliphatic hydroxyl groups excluding tert-OH is 1. The van der Waals surface area contributed by atoms with Gasteiger partial charge in [-0.3, -0.25) is 4.79 Å². The highest BCUT2D eigenvalue weighted by molar-refractivity contribution is 7.18. The van der Waals surface area contributed by atoms with Gasteiger partial charge in [-0.2, -0.15) is 0 Å². The SMILES string of the molecule is CC1CCc2c(sc3nc(CNCCOCCO)[nH]c(=O)c23)C1. The Balaban J connectivity index is 1.70. The molecule has 1 atom stereocenters. The largest absolute Gasteiger partial charge is 0.394 e. The molecule has 0 aliphatic heterocycles. The summed E-state index contributed by atoms with van der Waals surface area (Å²) in [6, 6.07) is 0. The minimum Gasteiger partial charge on any atom is -0.394 e. The molecule has 0 amide bonds. The minimum absolute atomic E-state index is 0.0182. The van der Waals surface area contributed by atoms with Crippen LogP contribution in [0.5, 0.6) is 0 Å². The molecule has 6 nitrogen and oxygen atoms in total. The number of nitrogens with one attached hydrogen (secondary N) is 2. The monoisotopic (exact) mass is 337 g/mol. The molecule has 0 fully saturated rings. The fourth-order valence-electron chi connectivity index (χ4n) is 2.99. The highest BCUT2D eigenvalue weighted by Crippen LogP contribution is 2.35. The zero-order chi connectivity index (χ0) is 16.2. The first-order valence-electron chi connectivity index (χ1n) is 8.11. The average Bonchev–Trinajstić information content (AvgIpc) is 2.88. The van der Waals surface area contributed by atoms with Crippen molar-refractivity contribution in [2.24, 2.45) is 5.92 Å². The van der Waals surface area contributed by atoms with Crippen molar-refractivity contribution in [3.8, 4) is 0 Å². The van der Waals surface area contributed by atoms with Gasteiger partial charge in [-0.25, -0.2) is 4.98 Å². The third kappa shape index (κ3) is 3.80. The number of thiophene rings is 1. The Kier molecular flexibility index (Phi) is 5.42. The van der Waals surface area contributed by atoms with E-state index in [1.807, 2.05) is 0 Å². The first kappa shape index (κ1) is 16.6. The zero-order valence-corrected chi connectivity index (χ0v) is 14.2. The van der Waals surface area contributed by atoms with E-state index in [1.54, 1.807) is 11.3 Å². The maximum absolute atomic E-state index is 12.4. The lowest BCUT2D eigenvalue weighted by Crippen LogP contribution is -2.23. The van der Waals surface area contributed by atoms with Gasteiger partial charge in [0.25, 0.3) is 5.56 Å². The summed E-state index contributed by atoms with van der Waals surface area (Å²) in [4.78, 5) is 22.1. The van der Waals surface area contributed by atoms with E-state index < -0.39 is 0 Å². The third-order valence-corrected chi connectivity index (χ3v) is 5.31. The summed E-state index contributed by atoms with van der Waals surface area (Å²) >= 11 is 1.67. The molecular weight excluding hydrogens is 314 g/mol. The van der Waals surface area contributed by atoms with E-state index in [2.05, 4.69) is 22.2 Å². The van der Waals surface area contributed by atoms with Gasteiger partial charge in [0, 0.05) is 11.4 Å². The first-order valence-corrected chi connectivity index (χ1v) is 8.93. The Hall–Kier alpha value is -1.28. The van der Waals surface area contributed by atoms with Crippen LogP contribution >= 0.6 is 11.3 Å². The standard InChI is InChI=1S/C16H23N3O3S/c1-10-2-3-11-12(8-10)23-16-14(11)15(21)18-13(19-16)9-17-4-6-22-7-5-20/h10,17,20H,2-9H2,1H3,(H,18,19,21). The van der Waals surface area contributed by atoms with Crippen LogP contribution in [0.2, 0.25) is 0 Å². The Morgan fingerprint density at radius 3 is 3.17 bits per heavy atom. The van der Waals surface area contributed by atoms with Crippen LogP contribution in [0.15, 0.2) is 4.79 Å². The summed E-state index contributed by atoms with van der Waals surface area (Å²) in [7, 11) is 0. The first-order chi connectivity index (χ1) is 11.2. The second-order valence-electron chi connectivity index (χ2n) is 6.06. The van der Waals surface area contributed by atoms with E-state index in [4.69, 9.17) is 9.84 Å². The van der Waals surface area contributed by atoms with Gasteiger partial charge in [-0.05, 0) is 30.7 Å². The van der Waals surface area contributed by atoms with Crippen LogP contribution in [0.25, 0.3) is 10.2 Å². The van der Waals surface area contributed by atoms with Crippen molar-refractivity contribution in [2.45, 2.75) is 32.7 Å². The van der Waals surface area contributed by atoms with Crippen molar-refractivity contribution >= 4 is 21.6 Å². The fourth-order valence-corrected chi connectivity index (χ4v) is 4.40. The summed E-state index contributed by atoms with van der Waals surface area (Å²) in [6.45, 7) is 4.33. The van der Waals surface area contributed by atoms with Crippen molar-refractivity contribution in [1.29, 1.82) is 0 Å².